The Hall–Kier alpha value is -1.59. The Morgan fingerprint density at radius 3 is 3.10 bits per heavy atom. The second kappa shape index (κ2) is 6.03. The van der Waals surface area contributed by atoms with Crippen LogP contribution in [0.2, 0.25) is 5.28 Å². The van der Waals surface area contributed by atoms with Crippen molar-refractivity contribution < 1.29 is 4.74 Å². The molecular weight excluding hydrogens is 290 g/mol. The van der Waals surface area contributed by atoms with Gasteiger partial charge in [-0.3, -0.25) is 9.36 Å². The van der Waals surface area contributed by atoms with Crippen LogP contribution in [-0.4, -0.2) is 29.8 Å². The highest BCUT2D eigenvalue weighted by Gasteiger charge is 2.17. The first-order valence-electron chi connectivity index (χ1n) is 7.14. The van der Waals surface area contributed by atoms with Crippen LogP contribution in [0, 0.1) is 5.92 Å². The van der Waals surface area contributed by atoms with E-state index in [0.29, 0.717) is 29.1 Å². The van der Waals surface area contributed by atoms with Crippen molar-refractivity contribution in [2.45, 2.75) is 19.4 Å². The molecule has 0 amide bonds. The summed E-state index contributed by atoms with van der Waals surface area (Å²) in [5.74, 6) is 1.06. The van der Waals surface area contributed by atoms with Gasteiger partial charge in [0.05, 0.1) is 18.0 Å². The van der Waals surface area contributed by atoms with E-state index in [0.717, 1.165) is 25.9 Å². The quantitative estimate of drug-likeness (QED) is 0.882. The van der Waals surface area contributed by atoms with Crippen LogP contribution in [0.3, 0.4) is 0 Å². The van der Waals surface area contributed by atoms with E-state index in [1.807, 2.05) is 0 Å². The summed E-state index contributed by atoms with van der Waals surface area (Å²) < 4.78 is 6.75. The zero-order valence-electron chi connectivity index (χ0n) is 11.9. The Bertz CT molecular complexity index is 708. The Morgan fingerprint density at radius 2 is 2.38 bits per heavy atom. The first kappa shape index (κ1) is 14.4. The lowest BCUT2D eigenvalue weighted by atomic mass is 10.00. The van der Waals surface area contributed by atoms with Gasteiger partial charge in [-0.2, -0.15) is 0 Å². The third kappa shape index (κ3) is 2.89. The minimum atomic E-state index is -0.102. The molecule has 0 aliphatic carbocycles. The van der Waals surface area contributed by atoms with Crippen molar-refractivity contribution in [1.82, 2.24) is 14.9 Å². The normalized spacial score (nSPS) is 18.9. The Labute approximate surface area is 127 Å². The molecule has 1 aliphatic rings. The second-order valence-electron chi connectivity index (χ2n) is 5.39. The lowest BCUT2D eigenvalue weighted by molar-refractivity contribution is 0.333. The maximum absolute atomic E-state index is 12.7. The van der Waals surface area contributed by atoms with Gasteiger partial charge in [-0.05, 0) is 61.6 Å². The van der Waals surface area contributed by atoms with Crippen LogP contribution < -0.4 is 15.6 Å². The molecule has 1 aromatic carbocycles. The van der Waals surface area contributed by atoms with Gasteiger partial charge < -0.3 is 10.1 Å². The molecule has 3 rings (SSSR count). The van der Waals surface area contributed by atoms with Gasteiger partial charge >= 0.3 is 0 Å². The number of benzene rings is 1. The van der Waals surface area contributed by atoms with Crippen molar-refractivity contribution in [2.24, 2.45) is 5.92 Å². The van der Waals surface area contributed by atoms with Crippen LogP contribution in [0.4, 0.5) is 0 Å². The summed E-state index contributed by atoms with van der Waals surface area (Å²) in [6.45, 7) is 2.57. The molecule has 1 unspecified atom stereocenters. The minimum Gasteiger partial charge on any atom is -0.497 e. The zero-order chi connectivity index (χ0) is 14.8. The predicted molar refractivity (Wildman–Crippen MR) is 83.2 cm³/mol. The topological polar surface area (TPSA) is 56.1 Å². The fraction of sp³-hybridized carbons (Fsp3) is 0.467. The number of hydrogen-bond donors (Lipinski definition) is 1. The van der Waals surface area contributed by atoms with Gasteiger partial charge in [0.1, 0.15) is 5.75 Å². The molecule has 1 fully saturated rings. The zero-order valence-corrected chi connectivity index (χ0v) is 12.7. The van der Waals surface area contributed by atoms with Crippen LogP contribution in [0.15, 0.2) is 23.0 Å². The van der Waals surface area contributed by atoms with E-state index in [1.54, 1.807) is 29.9 Å². The predicted octanol–water partition coefficient (Wildman–Crippen LogP) is 2.06. The van der Waals surface area contributed by atoms with Gasteiger partial charge in [-0.1, -0.05) is 0 Å². The smallest absolute Gasteiger partial charge is 0.262 e. The number of methoxy groups -OCH3 is 1. The molecule has 112 valence electrons. The number of rotatable bonds is 3. The highest BCUT2D eigenvalue weighted by Crippen LogP contribution is 2.20. The van der Waals surface area contributed by atoms with Crippen LogP contribution >= 0.6 is 11.6 Å². The first-order valence-corrected chi connectivity index (χ1v) is 7.51. The standard InChI is InChI=1S/C15H18ClN3O2/c1-21-11-4-5-13-12(7-11)14(20)19(15(16)18-13)9-10-3-2-6-17-8-10/h4-5,7,10,17H,2-3,6,8-9H2,1H3. The van der Waals surface area contributed by atoms with E-state index in [1.165, 1.54) is 0 Å². The van der Waals surface area contributed by atoms with Crippen molar-refractivity contribution in [3.8, 4) is 5.75 Å². The first-order chi connectivity index (χ1) is 10.2. The average molecular weight is 308 g/mol. The second-order valence-corrected chi connectivity index (χ2v) is 5.73. The van der Waals surface area contributed by atoms with E-state index in [4.69, 9.17) is 16.3 Å². The Morgan fingerprint density at radius 1 is 1.52 bits per heavy atom. The van der Waals surface area contributed by atoms with Crippen molar-refractivity contribution in [3.05, 3.63) is 33.8 Å². The number of ether oxygens (including phenoxy) is 1. The highest BCUT2D eigenvalue weighted by atomic mass is 35.5. The SMILES string of the molecule is COc1ccc2nc(Cl)n(CC3CCCNC3)c(=O)c2c1. The number of hydrogen-bond acceptors (Lipinski definition) is 4. The molecule has 0 radical (unpaired) electrons. The van der Waals surface area contributed by atoms with Crippen molar-refractivity contribution in [2.75, 3.05) is 20.2 Å². The lowest BCUT2D eigenvalue weighted by Crippen LogP contribution is -2.35. The molecule has 6 heteroatoms. The molecule has 5 nitrogen and oxygen atoms in total. The van der Waals surface area contributed by atoms with E-state index in [-0.39, 0.29) is 10.8 Å². The molecule has 0 spiro atoms. The monoisotopic (exact) mass is 307 g/mol. The van der Waals surface area contributed by atoms with Crippen LogP contribution in [0.5, 0.6) is 5.75 Å². The fourth-order valence-corrected chi connectivity index (χ4v) is 3.03. The molecule has 1 aliphatic heterocycles. The van der Waals surface area contributed by atoms with Gasteiger partial charge in [0.15, 0.2) is 0 Å². The number of piperidine rings is 1. The number of aromatic nitrogens is 2. The number of nitrogens with one attached hydrogen (secondary N) is 1. The maximum Gasteiger partial charge on any atom is 0.262 e. The van der Waals surface area contributed by atoms with Gasteiger partial charge in [0.2, 0.25) is 5.28 Å². The van der Waals surface area contributed by atoms with Gasteiger partial charge in [-0.25, -0.2) is 4.98 Å². The summed E-state index contributed by atoms with van der Waals surface area (Å²) in [6, 6.07) is 5.26. The van der Waals surface area contributed by atoms with Crippen LogP contribution in [-0.2, 0) is 6.54 Å². The molecular formula is C15H18ClN3O2. The lowest BCUT2D eigenvalue weighted by Gasteiger charge is -2.23. The Balaban J connectivity index is 2.02. The largest absolute Gasteiger partial charge is 0.497 e. The van der Waals surface area contributed by atoms with E-state index < -0.39 is 0 Å². The van der Waals surface area contributed by atoms with Crippen LogP contribution in [0.1, 0.15) is 12.8 Å². The Kier molecular flexibility index (Phi) is 4.12. The summed E-state index contributed by atoms with van der Waals surface area (Å²) in [5, 5.41) is 4.15. The van der Waals surface area contributed by atoms with Gasteiger partial charge in [0, 0.05) is 6.54 Å². The average Bonchev–Trinajstić information content (AvgIpc) is 2.52. The third-order valence-corrected chi connectivity index (χ3v) is 4.24. The molecule has 1 atom stereocenters. The maximum atomic E-state index is 12.7. The molecule has 2 heterocycles. The van der Waals surface area contributed by atoms with E-state index in [9.17, 15) is 4.79 Å². The fourth-order valence-electron chi connectivity index (χ4n) is 2.80. The number of halogens is 1. The third-order valence-electron chi connectivity index (χ3n) is 3.95. The van der Waals surface area contributed by atoms with E-state index >= 15 is 0 Å². The van der Waals surface area contributed by atoms with Crippen LogP contribution in [0.25, 0.3) is 10.9 Å². The molecule has 0 bridgehead atoms. The summed E-state index contributed by atoms with van der Waals surface area (Å²) >= 11 is 6.20. The van der Waals surface area contributed by atoms with Crippen molar-refractivity contribution in [1.29, 1.82) is 0 Å². The van der Waals surface area contributed by atoms with Crippen molar-refractivity contribution in [3.63, 3.8) is 0 Å². The summed E-state index contributed by atoms with van der Waals surface area (Å²) in [5.41, 5.74) is 0.498. The van der Waals surface area contributed by atoms with Gasteiger partial charge in [0.25, 0.3) is 5.56 Å². The number of nitrogens with zero attached hydrogens (tertiary/aromatic N) is 2. The number of fused-ring (bicyclic) bond motifs is 1. The summed E-state index contributed by atoms with van der Waals surface area (Å²) in [4.78, 5) is 17.0. The van der Waals surface area contributed by atoms with E-state index in [2.05, 4.69) is 10.3 Å². The molecule has 2 aromatic rings. The summed E-state index contributed by atoms with van der Waals surface area (Å²) in [6.07, 6.45) is 2.23. The highest BCUT2D eigenvalue weighted by molar-refractivity contribution is 6.28. The minimum absolute atomic E-state index is 0.102. The molecule has 1 N–H and O–H groups in total. The molecule has 1 saturated heterocycles. The van der Waals surface area contributed by atoms with Crippen molar-refractivity contribution >= 4 is 22.5 Å². The molecule has 0 saturated carbocycles. The molecule has 21 heavy (non-hydrogen) atoms. The summed E-state index contributed by atoms with van der Waals surface area (Å²) in [7, 11) is 1.58. The van der Waals surface area contributed by atoms with Gasteiger partial charge in [-0.15, -0.1) is 0 Å². The molecule has 1 aromatic heterocycles.